The van der Waals surface area contributed by atoms with Crippen LogP contribution in [0.5, 0.6) is 5.75 Å². The Balaban J connectivity index is 2.25. The zero-order valence-corrected chi connectivity index (χ0v) is 13.0. The highest BCUT2D eigenvalue weighted by molar-refractivity contribution is 7.86. The van der Waals surface area contributed by atoms with Crippen LogP contribution in [0, 0.1) is 0 Å². The van der Waals surface area contributed by atoms with E-state index in [1.807, 2.05) is 0 Å². The van der Waals surface area contributed by atoms with Crippen LogP contribution >= 0.6 is 23.2 Å². The van der Waals surface area contributed by atoms with Crippen LogP contribution in [0.1, 0.15) is 5.56 Å². The molecule has 0 heterocycles. The second kappa shape index (κ2) is 6.01. The number of rotatable bonds is 4. The van der Waals surface area contributed by atoms with E-state index in [2.05, 4.69) is 0 Å². The average Bonchev–Trinajstić information content (AvgIpc) is 2.38. The highest BCUT2D eigenvalue weighted by atomic mass is 35.5. The molecular formula is C13H12Cl2N2O3S. The van der Waals surface area contributed by atoms with Crippen molar-refractivity contribution in [2.24, 2.45) is 0 Å². The molecule has 0 aromatic heterocycles. The van der Waals surface area contributed by atoms with Crippen molar-refractivity contribution in [1.29, 1.82) is 0 Å². The summed E-state index contributed by atoms with van der Waals surface area (Å²) >= 11 is 11.9. The summed E-state index contributed by atoms with van der Waals surface area (Å²) in [5.41, 5.74) is 12.0. The topological polar surface area (TPSA) is 95.4 Å². The zero-order valence-electron chi connectivity index (χ0n) is 10.7. The molecule has 0 aliphatic heterocycles. The Morgan fingerprint density at radius 3 is 2.19 bits per heavy atom. The number of hydrogen-bond acceptors (Lipinski definition) is 5. The lowest BCUT2D eigenvalue weighted by Gasteiger charge is -2.10. The van der Waals surface area contributed by atoms with E-state index in [-0.39, 0.29) is 27.0 Å². The van der Waals surface area contributed by atoms with E-state index in [1.54, 1.807) is 18.2 Å². The van der Waals surface area contributed by atoms with Gasteiger partial charge < -0.3 is 15.7 Å². The summed E-state index contributed by atoms with van der Waals surface area (Å²) < 4.78 is 29.1. The summed E-state index contributed by atoms with van der Waals surface area (Å²) in [7, 11) is -3.93. The van der Waals surface area contributed by atoms with Gasteiger partial charge >= 0.3 is 10.1 Å². The van der Waals surface area contributed by atoms with E-state index >= 15 is 0 Å². The molecule has 21 heavy (non-hydrogen) atoms. The molecule has 0 bridgehead atoms. The second-order valence-electron chi connectivity index (χ2n) is 4.28. The van der Waals surface area contributed by atoms with Crippen LogP contribution in [0.25, 0.3) is 0 Å². The summed E-state index contributed by atoms with van der Waals surface area (Å²) in [6.07, 6.45) is 0. The van der Waals surface area contributed by atoms with Crippen molar-refractivity contribution in [3.8, 4) is 5.75 Å². The molecule has 0 spiro atoms. The molecule has 0 aliphatic carbocycles. The minimum atomic E-state index is -3.93. The number of benzene rings is 2. The predicted molar refractivity (Wildman–Crippen MR) is 85.0 cm³/mol. The molecule has 0 fully saturated rings. The van der Waals surface area contributed by atoms with Crippen molar-refractivity contribution in [1.82, 2.24) is 0 Å². The lowest BCUT2D eigenvalue weighted by molar-refractivity contribution is 0.485. The van der Waals surface area contributed by atoms with Crippen molar-refractivity contribution < 1.29 is 12.6 Å². The monoisotopic (exact) mass is 346 g/mol. The lowest BCUT2D eigenvalue weighted by Crippen LogP contribution is -2.13. The molecule has 2 aromatic carbocycles. The Hall–Kier alpha value is -1.63. The quantitative estimate of drug-likeness (QED) is 0.655. The van der Waals surface area contributed by atoms with Crippen LogP contribution < -0.4 is 15.7 Å². The first kappa shape index (κ1) is 15.8. The maximum Gasteiger partial charge on any atom is 0.313 e. The largest absolute Gasteiger partial charge is 0.397 e. The smallest absolute Gasteiger partial charge is 0.313 e. The van der Waals surface area contributed by atoms with Crippen molar-refractivity contribution in [2.75, 3.05) is 11.5 Å². The van der Waals surface area contributed by atoms with E-state index in [4.69, 9.17) is 38.9 Å². The van der Waals surface area contributed by atoms with Crippen molar-refractivity contribution in [3.63, 3.8) is 0 Å². The highest BCUT2D eigenvalue weighted by Crippen LogP contribution is 2.28. The number of nitrogens with two attached hydrogens (primary N) is 2. The van der Waals surface area contributed by atoms with Crippen molar-refractivity contribution in [2.45, 2.75) is 5.75 Å². The van der Waals surface area contributed by atoms with Crippen LogP contribution in [-0.2, 0) is 15.9 Å². The molecule has 0 radical (unpaired) electrons. The van der Waals surface area contributed by atoms with Gasteiger partial charge in [0.25, 0.3) is 0 Å². The highest BCUT2D eigenvalue weighted by Gasteiger charge is 2.19. The van der Waals surface area contributed by atoms with Crippen molar-refractivity contribution >= 4 is 44.7 Å². The first-order valence-corrected chi connectivity index (χ1v) is 8.12. The van der Waals surface area contributed by atoms with Gasteiger partial charge in [-0.05, 0) is 24.3 Å². The molecule has 0 atom stereocenters. The van der Waals surface area contributed by atoms with Gasteiger partial charge in [-0.1, -0.05) is 29.3 Å². The van der Waals surface area contributed by atoms with E-state index in [0.717, 1.165) is 0 Å². The summed E-state index contributed by atoms with van der Waals surface area (Å²) in [6.45, 7) is 0. The standard InChI is InChI=1S/C13H12Cl2N2O3S/c14-10-2-1-3-11(15)9(10)7-21(18,19)20-8-4-5-12(16)13(17)6-8/h1-6H,7,16-17H2. The second-order valence-corrected chi connectivity index (χ2v) is 6.66. The van der Waals surface area contributed by atoms with E-state index in [9.17, 15) is 8.42 Å². The third-order valence-electron chi connectivity index (χ3n) is 2.66. The normalized spacial score (nSPS) is 11.3. The molecule has 4 N–H and O–H groups in total. The molecule has 112 valence electrons. The maximum atomic E-state index is 12.1. The van der Waals surface area contributed by atoms with E-state index in [1.165, 1.54) is 18.2 Å². The van der Waals surface area contributed by atoms with Gasteiger partial charge in [-0.2, -0.15) is 8.42 Å². The van der Waals surface area contributed by atoms with Gasteiger partial charge in [0.15, 0.2) is 0 Å². The molecule has 0 unspecified atom stereocenters. The molecular weight excluding hydrogens is 335 g/mol. The molecule has 0 aliphatic rings. The van der Waals surface area contributed by atoms with Crippen LogP contribution in [0.3, 0.4) is 0 Å². The van der Waals surface area contributed by atoms with Gasteiger partial charge in [0.2, 0.25) is 0 Å². The van der Waals surface area contributed by atoms with E-state index in [0.29, 0.717) is 5.69 Å². The van der Waals surface area contributed by atoms with Gasteiger partial charge in [-0.25, -0.2) is 0 Å². The molecule has 5 nitrogen and oxygen atoms in total. The van der Waals surface area contributed by atoms with Gasteiger partial charge in [0.1, 0.15) is 11.5 Å². The van der Waals surface area contributed by atoms with Gasteiger partial charge in [-0.15, -0.1) is 0 Å². The summed E-state index contributed by atoms with van der Waals surface area (Å²) in [5, 5.41) is 0.512. The molecule has 8 heteroatoms. The third kappa shape index (κ3) is 3.93. The number of hydrogen-bond donors (Lipinski definition) is 2. The number of nitrogen functional groups attached to an aromatic ring is 2. The molecule has 0 amide bonds. The fraction of sp³-hybridized carbons (Fsp3) is 0.0769. The molecule has 2 rings (SSSR count). The summed E-state index contributed by atoms with van der Waals surface area (Å²) in [4.78, 5) is 0. The Morgan fingerprint density at radius 1 is 1.00 bits per heavy atom. The zero-order chi connectivity index (χ0) is 15.6. The minimum Gasteiger partial charge on any atom is -0.397 e. The number of anilines is 2. The molecule has 0 saturated carbocycles. The fourth-order valence-corrected chi connectivity index (χ4v) is 3.44. The average molecular weight is 347 g/mol. The lowest BCUT2D eigenvalue weighted by atomic mass is 10.2. The van der Waals surface area contributed by atoms with Gasteiger partial charge in [0.05, 0.1) is 11.4 Å². The minimum absolute atomic E-state index is 0.0740. The Labute approximate surface area is 132 Å². The van der Waals surface area contributed by atoms with Gasteiger partial charge in [-0.3, -0.25) is 0 Å². The predicted octanol–water partition coefficient (Wildman–Crippen LogP) is 3.07. The van der Waals surface area contributed by atoms with E-state index < -0.39 is 15.9 Å². The van der Waals surface area contributed by atoms with Crippen LogP contribution in [0.2, 0.25) is 10.0 Å². The third-order valence-corrected chi connectivity index (χ3v) is 4.46. The first-order chi connectivity index (χ1) is 9.78. The summed E-state index contributed by atoms with van der Waals surface area (Å²) in [5.74, 6) is -0.375. The van der Waals surface area contributed by atoms with Crippen LogP contribution in [0.15, 0.2) is 36.4 Å². The van der Waals surface area contributed by atoms with Crippen molar-refractivity contribution in [3.05, 3.63) is 52.0 Å². The van der Waals surface area contributed by atoms with Crippen LogP contribution in [-0.4, -0.2) is 8.42 Å². The Morgan fingerprint density at radius 2 is 1.62 bits per heavy atom. The first-order valence-electron chi connectivity index (χ1n) is 5.78. The Kier molecular flexibility index (Phi) is 4.51. The fourth-order valence-electron chi connectivity index (χ4n) is 1.63. The molecule has 2 aromatic rings. The SMILES string of the molecule is Nc1ccc(OS(=O)(=O)Cc2c(Cl)cccc2Cl)cc1N. The Bertz CT molecular complexity index is 759. The maximum absolute atomic E-state index is 12.1. The summed E-state index contributed by atoms with van der Waals surface area (Å²) in [6, 6.07) is 8.95. The van der Waals surface area contributed by atoms with Crippen LogP contribution in [0.4, 0.5) is 11.4 Å². The number of halogens is 2. The molecule has 0 saturated heterocycles. The van der Waals surface area contributed by atoms with Gasteiger partial charge in [0, 0.05) is 21.7 Å².